The minimum absolute atomic E-state index is 0.0343. The highest BCUT2D eigenvalue weighted by Crippen LogP contribution is 2.32. The van der Waals surface area contributed by atoms with Crippen molar-refractivity contribution < 1.29 is 14.0 Å². The van der Waals surface area contributed by atoms with E-state index in [0.717, 1.165) is 28.2 Å². The fourth-order valence-corrected chi connectivity index (χ4v) is 3.90. The average molecular weight is 431 g/mol. The lowest BCUT2D eigenvalue weighted by Gasteiger charge is -2.12. The largest absolute Gasteiger partial charge is 0.385 e. The Balaban J connectivity index is 1.72. The predicted octanol–water partition coefficient (Wildman–Crippen LogP) is 6.60. The molecule has 0 saturated heterocycles. The van der Waals surface area contributed by atoms with Crippen LogP contribution < -0.4 is 0 Å². The Morgan fingerprint density at radius 3 is 2.59 bits per heavy atom. The van der Waals surface area contributed by atoms with Gasteiger partial charge in [-0.1, -0.05) is 37.2 Å². The average Bonchev–Trinajstić information content (AvgIpc) is 3.23. The first-order valence-electron chi connectivity index (χ1n) is 10.9. The smallest absolute Gasteiger partial charge is 0.174 e. The summed E-state index contributed by atoms with van der Waals surface area (Å²) < 4.78 is 14.8. The van der Waals surface area contributed by atoms with E-state index in [0.29, 0.717) is 29.5 Å². The number of oxime groups is 1. The third-order valence-corrected chi connectivity index (χ3v) is 5.53. The number of ketones is 1. The minimum Gasteiger partial charge on any atom is -0.385 e. The molecule has 2 aromatic carbocycles. The highest BCUT2D eigenvalue weighted by Gasteiger charge is 2.26. The SMILES string of the molecule is Cc1ccc(-c2cc(C(=O)CC(C)C)cc(C3=NOC(c4cccc(C)n4)C3)c2)c(F)c1. The summed E-state index contributed by atoms with van der Waals surface area (Å²) in [5.41, 5.74) is 5.76. The molecule has 164 valence electrons. The van der Waals surface area contributed by atoms with Crippen LogP contribution in [0.25, 0.3) is 11.1 Å². The molecule has 1 aromatic heterocycles. The first-order valence-corrected chi connectivity index (χ1v) is 10.9. The molecule has 32 heavy (non-hydrogen) atoms. The van der Waals surface area contributed by atoms with Crippen molar-refractivity contribution in [2.24, 2.45) is 11.1 Å². The second-order valence-electron chi connectivity index (χ2n) is 8.84. The highest BCUT2D eigenvalue weighted by molar-refractivity contribution is 6.05. The van der Waals surface area contributed by atoms with Crippen LogP contribution in [0.4, 0.5) is 4.39 Å². The summed E-state index contributed by atoms with van der Waals surface area (Å²) in [7, 11) is 0. The van der Waals surface area contributed by atoms with Crippen LogP contribution in [0.2, 0.25) is 0 Å². The van der Waals surface area contributed by atoms with Crippen LogP contribution in [0.15, 0.2) is 59.8 Å². The number of aryl methyl sites for hydroxylation is 2. The number of nitrogens with zero attached hydrogens (tertiary/aromatic N) is 2. The van der Waals surface area contributed by atoms with Crippen molar-refractivity contribution in [2.45, 2.75) is 46.6 Å². The second-order valence-corrected chi connectivity index (χ2v) is 8.84. The molecule has 0 spiro atoms. The van der Waals surface area contributed by atoms with Crippen molar-refractivity contribution in [3.05, 3.63) is 88.5 Å². The number of carbonyl (C=O) groups is 1. The second kappa shape index (κ2) is 9.03. The molecule has 4 rings (SSSR count). The molecule has 0 bridgehead atoms. The normalized spacial score (nSPS) is 15.6. The monoisotopic (exact) mass is 430 g/mol. The molecule has 0 amide bonds. The maximum absolute atomic E-state index is 14.8. The predicted molar refractivity (Wildman–Crippen MR) is 124 cm³/mol. The van der Waals surface area contributed by atoms with E-state index in [4.69, 9.17) is 4.84 Å². The number of hydrogen-bond acceptors (Lipinski definition) is 4. The van der Waals surface area contributed by atoms with Crippen LogP contribution in [-0.2, 0) is 4.84 Å². The topological polar surface area (TPSA) is 51.5 Å². The number of Topliss-reactive ketones (excluding diaryl/α,β-unsaturated/α-hetero) is 1. The lowest BCUT2D eigenvalue weighted by atomic mass is 9.92. The zero-order valence-corrected chi connectivity index (χ0v) is 18.9. The van der Waals surface area contributed by atoms with Crippen molar-refractivity contribution >= 4 is 11.5 Å². The number of aromatic nitrogens is 1. The number of carbonyl (C=O) groups excluding carboxylic acids is 1. The van der Waals surface area contributed by atoms with Crippen LogP contribution in [0, 0.1) is 25.6 Å². The Labute approximate surface area is 188 Å². The lowest BCUT2D eigenvalue weighted by Crippen LogP contribution is -2.08. The van der Waals surface area contributed by atoms with Crippen molar-refractivity contribution in [2.75, 3.05) is 0 Å². The van der Waals surface area contributed by atoms with Gasteiger partial charge in [0.15, 0.2) is 11.9 Å². The van der Waals surface area contributed by atoms with Gasteiger partial charge in [-0.3, -0.25) is 9.78 Å². The van der Waals surface area contributed by atoms with Gasteiger partial charge in [-0.25, -0.2) is 4.39 Å². The fourth-order valence-electron chi connectivity index (χ4n) is 3.90. The van der Waals surface area contributed by atoms with Gasteiger partial charge in [0.2, 0.25) is 0 Å². The van der Waals surface area contributed by atoms with Crippen molar-refractivity contribution in [3.8, 4) is 11.1 Å². The molecule has 1 unspecified atom stereocenters. The van der Waals surface area contributed by atoms with E-state index in [1.807, 2.05) is 64.1 Å². The lowest BCUT2D eigenvalue weighted by molar-refractivity contribution is 0.0825. The summed E-state index contributed by atoms with van der Waals surface area (Å²) in [5.74, 6) is -0.0439. The molecular weight excluding hydrogens is 403 g/mol. The summed E-state index contributed by atoms with van der Waals surface area (Å²) in [6.07, 6.45) is 0.686. The Morgan fingerprint density at radius 2 is 1.88 bits per heavy atom. The molecular formula is C27H27FN2O2. The van der Waals surface area contributed by atoms with Crippen LogP contribution >= 0.6 is 0 Å². The maximum Gasteiger partial charge on any atom is 0.174 e. The van der Waals surface area contributed by atoms with E-state index < -0.39 is 0 Å². The van der Waals surface area contributed by atoms with Gasteiger partial charge in [-0.15, -0.1) is 0 Å². The molecule has 1 aliphatic heterocycles. The minimum atomic E-state index is -0.309. The van der Waals surface area contributed by atoms with Gasteiger partial charge >= 0.3 is 0 Å². The molecule has 3 aromatic rings. The number of halogens is 1. The van der Waals surface area contributed by atoms with Crippen molar-refractivity contribution in [1.29, 1.82) is 0 Å². The first-order chi connectivity index (χ1) is 15.3. The van der Waals surface area contributed by atoms with Crippen LogP contribution in [-0.4, -0.2) is 16.5 Å². The fraction of sp³-hybridized carbons (Fsp3) is 0.296. The van der Waals surface area contributed by atoms with E-state index >= 15 is 0 Å². The molecule has 1 atom stereocenters. The van der Waals surface area contributed by atoms with E-state index in [1.54, 1.807) is 12.1 Å². The molecule has 0 N–H and O–H groups in total. The number of rotatable bonds is 6. The van der Waals surface area contributed by atoms with Gasteiger partial charge in [0.05, 0.1) is 11.4 Å². The van der Waals surface area contributed by atoms with Crippen LogP contribution in [0.3, 0.4) is 0 Å². The molecule has 4 nitrogen and oxygen atoms in total. The molecule has 5 heteroatoms. The molecule has 1 aliphatic rings. The highest BCUT2D eigenvalue weighted by atomic mass is 19.1. The Kier molecular flexibility index (Phi) is 6.17. The van der Waals surface area contributed by atoms with Gasteiger partial charge in [-0.2, -0.15) is 0 Å². The summed E-state index contributed by atoms with van der Waals surface area (Å²) in [6.45, 7) is 7.81. The Morgan fingerprint density at radius 1 is 1.09 bits per heavy atom. The van der Waals surface area contributed by atoms with Gasteiger partial charge in [0, 0.05) is 35.2 Å². The van der Waals surface area contributed by atoms with E-state index in [1.165, 1.54) is 6.07 Å². The molecule has 0 fully saturated rings. The van der Waals surface area contributed by atoms with Gasteiger partial charge < -0.3 is 4.84 Å². The summed E-state index contributed by atoms with van der Waals surface area (Å²) in [4.78, 5) is 23.1. The first kappa shape index (κ1) is 21.9. The number of benzene rings is 2. The zero-order chi connectivity index (χ0) is 22.8. The molecule has 0 aliphatic carbocycles. The quantitative estimate of drug-likeness (QED) is 0.414. The van der Waals surface area contributed by atoms with Crippen molar-refractivity contribution in [3.63, 3.8) is 0 Å². The van der Waals surface area contributed by atoms with Crippen LogP contribution in [0.1, 0.15) is 65.7 Å². The summed E-state index contributed by atoms with van der Waals surface area (Å²) in [5, 5.41) is 4.30. The summed E-state index contributed by atoms with van der Waals surface area (Å²) in [6, 6.07) is 16.4. The maximum atomic E-state index is 14.8. The third kappa shape index (κ3) is 4.77. The van der Waals surface area contributed by atoms with E-state index in [-0.39, 0.29) is 23.6 Å². The Bertz CT molecular complexity index is 1200. The summed E-state index contributed by atoms with van der Waals surface area (Å²) >= 11 is 0. The van der Waals surface area contributed by atoms with E-state index in [2.05, 4.69) is 10.1 Å². The third-order valence-electron chi connectivity index (χ3n) is 5.53. The zero-order valence-electron chi connectivity index (χ0n) is 18.9. The van der Waals surface area contributed by atoms with Crippen molar-refractivity contribution in [1.82, 2.24) is 4.98 Å². The standard InChI is InChI=1S/C27H27FN2O2/c1-16(2)10-26(31)21-13-19(22-9-8-17(3)11-23(22)28)12-20(14-21)25-15-27(32-30-25)24-7-5-6-18(4)29-24/h5-9,11-14,16,27H,10,15H2,1-4H3. The van der Waals surface area contributed by atoms with Gasteiger partial charge in [0.1, 0.15) is 5.82 Å². The van der Waals surface area contributed by atoms with Crippen LogP contribution in [0.5, 0.6) is 0 Å². The molecule has 2 heterocycles. The van der Waals surface area contributed by atoms with Gasteiger partial charge in [-0.05, 0) is 67.3 Å². The molecule has 0 saturated carbocycles. The number of pyridine rings is 1. The van der Waals surface area contributed by atoms with Gasteiger partial charge in [0.25, 0.3) is 0 Å². The molecule has 0 radical (unpaired) electrons. The Hall–Kier alpha value is -3.34. The van der Waals surface area contributed by atoms with E-state index in [9.17, 15) is 9.18 Å². The number of hydrogen-bond donors (Lipinski definition) is 0.